The number of alkyl halides is 3. The average molecular weight is 377 g/mol. The molecule has 0 radical (unpaired) electrons. The van der Waals surface area contributed by atoms with Gasteiger partial charge in [-0.1, -0.05) is 0 Å². The quantitative estimate of drug-likeness (QED) is 0.511. The van der Waals surface area contributed by atoms with Crippen molar-refractivity contribution in [3.8, 4) is 17.2 Å². The van der Waals surface area contributed by atoms with E-state index in [1.807, 2.05) is 13.8 Å². The predicted molar refractivity (Wildman–Crippen MR) is 94.2 cm³/mol. The van der Waals surface area contributed by atoms with Crippen molar-refractivity contribution in [1.82, 2.24) is 10.6 Å². The fraction of sp³-hybridized carbons (Fsp3) is 0.588. The van der Waals surface area contributed by atoms with E-state index in [1.54, 1.807) is 12.1 Å². The van der Waals surface area contributed by atoms with Gasteiger partial charge >= 0.3 is 6.18 Å². The Balaban J connectivity index is 2.90. The Morgan fingerprint density at radius 1 is 1.08 bits per heavy atom. The van der Waals surface area contributed by atoms with Crippen LogP contribution in [0.3, 0.4) is 0 Å². The van der Waals surface area contributed by atoms with Gasteiger partial charge in [0.1, 0.15) is 0 Å². The van der Waals surface area contributed by atoms with Crippen LogP contribution in [0.5, 0.6) is 17.2 Å². The van der Waals surface area contributed by atoms with E-state index in [-0.39, 0.29) is 13.1 Å². The lowest BCUT2D eigenvalue weighted by molar-refractivity contribution is -0.132. The van der Waals surface area contributed by atoms with Crippen LogP contribution in [0, 0.1) is 0 Å². The maximum atomic E-state index is 12.3. The van der Waals surface area contributed by atoms with Gasteiger partial charge in [-0.05, 0) is 31.5 Å². The van der Waals surface area contributed by atoms with Crippen LogP contribution in [0.25, 0.3) is 0 Å². The Kier molecular flexibility index (Phi) is 8.87. The summed E-state index contributed by atoms with van der Waals surface area (Å²) in [5.41, 5.74) is 0.773. The van der Waals surface area contributed by atoms with Crippen LogP contribution < -0.4 is 24.8 Å². The Bertz CT molecular complexity index is 567. The van der Waals surface area contributed by atoms with Gasteiger partial charge in [-0.25, -0.2) is 4.99 Å². The van der Waals surface area contributed by atoms with Crippen LogP contribution in [0.1, 0.15) is 25.8 Å². The molecule has 0 atom stereocenters. The van der Waals surface area contributed by atoms with Gasteiger partial charge in [0.25, 0.3) is 0 Å². The SMILES string of the molecule is CCNC(=NCc1cc(OC)c(OCC)c(OC)c1)NCCC(F)(F)F. The van der Waals surface area contributed by atoms with Crippen molar-refractivity contribution in [2.45, 2.75) is 33.0 Å². The summed E-state index contributed by atoms with van der Waals surface area (Å²) in [4.78, 5) is 4.30. The van der Waals surface area contributed by atoms with Gasteiger partial charge in [-0.2, -0.15) is 13.2 Å². The molecule has 0 saturated carbocycles. The second-order valence-corrected chi connectivity index (χ2v) is 5.25. The Morgan fingerprint density at radius 3 is 2.15 bits per heavy atom. The van der Waals surface area contributed by atoms with Crippen LogP contribution in [0.15, 0.2) is 17.1 Å². The van der Waals surface area contributed by atoms with E-state index in [0.717, 1.165) is 5.56 Å². The van der Waals surface area contributed by atoms with Crippen molar-refractivity contribution in [2.75, 3.05) is 33.9 Å². The lowest BCUT2D eigenvalue weighted by Gasteiger charge is -2.15. The van der Waals surface area contributed by atoms with Crippen molar-refractivity contribution in [3.05, 3.63) is 17.7 Å². The van der Waals surface area contributed by atoms with Crippen molar-refractivity contribution in [3.63, 3.8) is 0 Å². The number of halogens is 3. The topological polar surface area (TPSA) is 64.1 Å². The number of benzene rings is 1. The Labute approximate surface area is 151 Å². The number of guanidine groups is 1. The monoisotopic (exact) mass is 377 g/mol. The maximum absolute atomic E-state index is 12.3. The number of hydrogen-bond donors (Lipinski definition) is 2. The molecule has 6 nitrogen and oxygen atoms in total. The zero-order chi connectivity index (χ0) is 19.6. The molecule has 1 rings (SSSR count). The number of rotatable bonds is 9. The zero-order valence-corrected chi connectivity index (χ0v) is 15.5. The molecule has 2 N–H and O–H groups in total. The summed E-state index contributed by atoms with van der Waals surface area (Å²) in [5.74, 6) is 1.82. The largest absolute Gasteiger partial charge is 0.493 e. The van der Waals surface area contributed by atoms with Gasteiger partial charge in [0.2, 0.25) is 5.75 Å². The second-order valence-electron chi connectivity index (χ2n) is 5.25. The van der Waals surface area contributed by atoms with Crippen molar-refractivity contribution >= 4 is 5.96 Å². The molecule has 0 fully saturated rings. The third kappa shape index (κ3) is 7.28. The maximum Gasteiger partial charge on any atom is 0.390 e. The molecule has 1 aromatic rings. The minimum atomic E-state index is -4.21. The third-order valence-corrected chi connectivity index (χ3v) is 3.27. The first-order chi connectivity index (χ1) is 12.3. The van der Waals surface area contributed by atoms with Crippen LogP contribution >= 0.6 is 0 Å². The molecular formula is C17H26F3N3O3. The smallest absolute Gasteiger partial charge is 0.390 e. The molecule has 0 aliphatic rings. The van der Waals surface area contributed by atoms with Crippen molar-refractivity contribution in [2.24, 2.45) is 4.99 Å². The minimum Gasteiger partial charge on any atom is -0.493 e. The van der Waals surface area contributed by atoms with Crippen LogP contribution in [0.4, 0.5) is 13.2 Å². The number of ether oxygens (including phenoxy) is 3. The highest BCUT2D eigenvalue weighted by atomic mass is 19.4. The number of aliphatic imine (C=N–C) groups is 1. The number of methoxy groups -OCH3 is 2. The van der Waals surface area contributed by atoms with Crippen LogP contribution in [0.2, 0.25) is 0 Å². The normalized spacial score (nSPS) is 11.9. The standard InChI is InChI=1S/C17H26F3N3O3/c1-5-21-16(22-8-7-17(18,19)20)23-11-12-9-13(24-3)15(26-6-2)14(10-12)25-4/h9-10H,5-8,11H2,1-4H3,(H2,21,22,23). The molecule has 148 valence electrons. The minimum absolute atomic E-state index is 0.237. The summed E-state index contributed by atoms with van der Waals surface area (Å²) in [6.45, 7) is 4.67. The lowest BCUT2D eigenvalue weighted by Crippen LogP contribution is -2.38. The summed E-state index contributed by atoms with van der Waals surface area (Å²) in [6, 6.07) is 3.52. The molecule has 0 aromatic heterocycles. The zero-order valence-electron chi connectivity index (χ0n) is 15.5. The van der Waals surface area contributed by atoms with E-state index in [2.05, 4.69) is 15.6 Å². The van der Waals surface area contributed by atoms with Gasteiger partial charge in [0.05, 0.1) is 33.8 Å². The highest BCUT2D eigenvalue weighted by Crippen LogP contribution is 2.38. The van der Waals surface area contributed by atoms with Gasteiger partial charge < -0.3 is 24.8 Å². The van der Waals surface area contributed by atoms with E-state index in [4.69, 9.17) is 14.2 Å². The molecule has 9 heteroatoms. The van der Waals surface area contributed by atoms with Gasteiger partial charge in [-0.3, -0.25) is 0 Å². The van der Waals surface area contributed by atoms with E-state index in [9.17, 15) is 13.2 Å². The Morgan fingerprint density at radius 2 is 1.69 bits per heavy atom. The van der Waals surface area contributed by atoms with E-state index in [1.165, 1.54) is 14.2 Å². The third-order valence-electron chi connectivity index (χ3n) is 3.27. The average Bonchev–Trinajstić information content (AvgIpc) is 2.59. The molecular weight excluding hydrogens is 351 g/mol. The molecule has 26 heavy (non-hydrogen) atoms. The first-order valence-corrected chi connectivity index (χ1v) is 8.31. The summed E-state index contributed by atoms with van der Waals surface area (Å²) < 4.78 is 53.0. The summed E-state index contributed by atoms with van der Waals surface area (Å²) in [6.07, 6.45) is -5.14. The molecule has 0 bridgehead atoms. The van der Waals surface area contributed by atoms with Crippen molar-refractivity contribution in [1.29, 1.82) is 0 Å². The molecule has 0 unspecified atom stereocenters. The lowest BCUT2D eigenvalue weighted by atomic mass is 10.2. The molecule has 0 aliphatic heterocycles. The van der Waals surface area contributed by atoms with Gasteiger partial charge in [0.15, 0.2) is 17.5 Å². The van der Waals surface area contributed by atoms with Gasteiger partial charge in [-0.15, -0.1) is 0 Å². The van der Waals surface area contributed by atoms with E-state index < -0.39 is 12.6 Å². The summed E-state index contributed by atoms with van der Waals surface area (Å²) in [7, 11) is 3.04. The second kappa shape index (κ2) is 10.6. The number of nitrogens with one attached hydrogen (secondary N) is 2. The van der Waals surface area contributed by atoms with Crippen molar-refractivity contribution < 1.29 is 27.4 Å². The number of hydrogen-bond acceptors (Lipinski definition) is 4. The molecule has 1 aromatic carbocycles. The summed E-state index contributed by atoms with van der Waals surface area (Å²) >= 11 is 0. The number of nitrogens with zero attached hydrogens (tertiary/aromatic N) is 1. The Hall–Kier alpha value is -2.32. The fourth-order valence-corrected chi connectivity index (χ4v) is 2.15. The molecule has 0 heterocycles. The molecule has 0 amide bonds. The highest BCUT2D eigenvalue weighted by molar-refractivity contribution is 5.79. The fourth-order valence-electron chi connectivity index (χ4n) is 2.15. The molecule has 0 aliphatic carbocycles. The van der Waals surface area contributed by atoms with Crippen LogP contribution in [-0.4, -0.2) is 46.1 Å². The van der Waals surface area contributed by atoms with Crippen LogP contribution in [-0.2, 0) is 6.54 Å². The predicted octanol–water partition coefficient (Wildman–Crippen LogP) is 3.11. The molecule has 0 spiro atoms. The molecule has 0 saturated heterocycles. The van der Waals surface area contributed by atoms with Gasteiger partial charge in [0, 0.05) is 13.1 Å². The first-order valence-electron chi connectivity index (χ1n) is 8.31. The van der Waals surface area contributed by atoms with E-state index >= 15 is 0 Å². The summed E-state index contributed by atoms with van der Waals surface area (Å²) in [5, 5.41) is 5.58. The highest BCUT2D eigenvalue weighted by Gasteiger charge is 2.26. The first kappa shape index (κ1) is 21.7. The van der Waals surface area contributed by atoms with E-state index in [0.29, 0.717) is 36.4 Å².